The fraction of sp³-hybridized carbons (Fsp3) is 0.923. The van der Waals surface area contributed by atoms with E-state index in [0.717, 1.165) is 0 Å². The average Bonchev–Trinajstić information content (AvgIpc) is 3.09. The second-order valence-corrected chi connectivity index (χ2v) is 7.94. The Balaban J connectivity index is 1.75. The summed E-state index contributed by atoms with van der Waals surface area (Å²) in [6.07, 6.45) is 8.08. The van der Waals surface area contributed by atoms with Gasteiger partial charge in [0.15, 0.2) is 0 Å². The minimum atomic E-state index is -3.34. The Morgan fingerprint density at radius 1 is 1.28 bits per heavy atom. The molecule has 5 heteroatoms. The van der Waals surface area contributed by atoms with Crippen LogP contribution < -0.4 is 0 Å². The lowest BCUT2D eigenvalue weighted by molar-refractivity contribution is 0.175. The molecule has 0 amide bonds. The topological polar surface area (TPSA) is 55.7 Å². The maximum atomic E-state index is 12.2. The smallest absolute Gasteiger partial charge is 0.265 e. The Morgan fingerprint density at radius 2 is 1.94 bits per heavy atom. The van der Waals surface area contributed by atoms with Gasteiger partial charge in [0.05, 0.1) is 0 Å². The molecular weight excluding hydrogens is 250 g/mol. The minimum Gasteiger partial charge on any atom is -0.475 e. The van der Waals surface area contributed by atoms with Crippen molar-refractivity contribution in [2.45, 2.75) is 69.1 Å². The Labute approximate surface area is 109 Å². The predicted octanol–water partition coefficient (Wildman–Crippen LogP) is 2.64. The lowest BCUT2D eigenvalue weighted by Gasteiger charge is -2.30. The molecule has 0 N–H and O–H groups in total. The highest BCUT2D eigenvalue weighted by Gasteiger charge is 2.62. The van der Waals surface area contributed by atoms with Crippen molar-refractivity contribution in [2.75, 3.05) is 0 Å². The average molecular weight is 271 g/mol. The van der Waals surface area contributed by atoms with Gasteiger partial charge < -0.3 is 4.74 Å². The van der Waals surface area contributed by atoms with E-state index < -0.39 is 14.8 Å². The van der Waals surface area contributed by atoms with Gasteiger partial charge in [0.2, 0.25) is 5.90 Å². The molecular formula is C13H21NO3S. The van der Waals surface area contributed by atoms with E-state index in [9.17, 15) is 8.42 Å². The number of hydrogen-bond acceptors (Lipinski definition) is 3. The van der Waals surface area contributed by atoms with Crippen molar-refractivity contribution in [1.82, 2.24) is 0 Å². The maximum Gasteiger partial charge on any atom is 0.265 e. The standard InChI is InChI=1S/C13H21NO3S/c1-10-13(7-8-13)18(15,16)14-12(17-10)9-11-5-3-2-4-6-11/h10-11H,2-9H2,1H3. The van der Waals surface area contributed by atoms with Gasteiger partial charge in [0.1, 0.15) is 10.9 Å². The molecule has 3 aliphatic rings. The van der Waals surface area contributed by atoms with Crippen molar-refractivity contribution in [3.05, 3.63) is 0 Å². The second kappa shape index (κ2) is 4.22. The third-order valence-electron chi connectivity index (χ3n) is 4.72. The van der Waals surface area contributed by atoms with Gasteiger partial charge in [-0.05, 0) is 38.5 Å². The Kier molecular flexibility index (Phi) is 2.92. The summed E-state index contributed by atoms with van der Waals surface area (Å²) >= 11 is 0. The molecule has 0 aromatic rings. The van der Waals surface area contributed by atoms with Crippen LogP contribution in [0.25, 0.3) is 0 Å². The summed E-state index contributed by atoms with van der Waals surface area (Å²) in [4.78, 5) is 0. The first-order chi connectivity index (χ1) is 8.53. The molecule has 0 aromatic carbocycles. The zero-order valence-corrected chi connectivity index (χ0v) is 11.7. The molecule has 0 saturated heterocycles. The van der Waals surface area contributed by atoms with Crippen LogP contribution in [0.5, 0.6) is 0 Å². The van der Waals surface area contributed by atoms with Gasteiger partial charge in [-0.15, -0.1) is 4.40 Å². The van der Waals surface area contributed by atoms with Crippen LogP contribution in [0.3, 0.4) is 0 Å². The Hall–Kier alpha value is -0.580. The van der Waals surface area contributed by atoms with Crippen LogP contribution in [0.15, 0.2) is 4.40 Å². The van der Waals surface area contributed by atoms with Crippen LogP contribution in [0, 0.1) is 5.92 Å². The van der Waals surface area contributed by atoms with E-state index in [-0.39, 0.29) is 6.10 Å². The molecule has 18 heavy (non-hydrogen) atoms. The monoisotopic (exact) mass is 271 g/mol. The summed E-state index contributed by atoms with van der Waals surface area (Å²) in [6, 6.07) is 0. The molecule has 1 atom stereocenters. The van der Waals surface area contributed by atoms with Gasteiger partial charge in [-0.1, -0.05) is 19.3 Å². The van der Waals surface area contributed by atoms with Crippen molar-refractivity contribution in [1.29, 1.82) is 0 Å². The summed E-state index contributed by atoms with van der Waals surface area (Å²) in [5, 5.41) is 0. The molecule has 2 saturated carbocycles. The van der Waals surface area contributed by atoms with E-state index in [1.165, 1.54) is 32.1 Å². The summed E-state index contributed by atoms with van der Waals surface area (Å²) in [7, 11) is -3.34. The first-order valence-corrected chi connectivity index (χ1v) is 8.47. The molecule has 4 nitrogen and oxygen atoms in total. The van der Waals surface area contributed by atoms with E-state index in [0.29, 0.717) is 31.1 Å². The van der Waals surface area contributed by atoms with Crippen LogP contribution in [0.2, 0.25) is 0 Å². The number of hydrogen-bond donors (Lipinski definition) is 0. The lowest BCUT2D eigenvalue weighted by Crippen LogP contribution is -2.42. The molecule has 0 radical (unpaired) electrons. The zero-order chi connectivity index (χ0) is 12.8. The number of nitrogens with zero attached hydrogens (tertiary/aromatic N) is 1. The molecule has 1 spiro atoms. The van der Waals surface area contributed by atoms with Crippen molar-refractivity contribution < 1.29 is 13.2 Å². The number of rotatable bonds is 2. The van der Waals surface area contributed by atoms with E-state index >= 15 is 0 Å². The molecule has 2 aliphatic carbocycles. The summed E-state index contributed by atoms with van der Waals surface area (Å²) < 4.78 is 33.4. The molecule has 3 rings (SSSR count). The highest BCUT2D eigenvalue weighted by molar-refractivity contribution is 7.92. The SMILES string of the molecule is CC1OC(CC2CCCCC2)=NS(=O)(=O)C12CC2. The van der Waals surface area contributed by atoms with Crippen molar-refractivity contribution in [3.8, 4) is 0 Å². The highest BCUT2D eigenvalue weighted by atomic mass is 32.2. The van der Waals surface area contributed by atoms with Gasteiger partial charge in [-0.3, -0.25) is 0 Å². The normalized spacial score (nSPS) is 33.8. The first kappa shape index (κ1) is 12.5. The highest BCUT2D eigenvalue weighted by Crippen LogP contribution is 2.50. The van der Waals surface area contributed by atoms with Gasteiger partial charge >= 0.3 is 0 Å². The van der Waals surface area contributed by atoms with Crippen molar-refractivity contribution in [2.24, 2.45) is 10.3 Å². The summed E-state index contributed by atoms with van der Waals surface area (Å²) in [5.74, 6) is 1.03. The molecule has 0 bridgehead atoms. The zero-order valence-electron chi connectivity index (χ0n) is 10.9. The first-order valence-electron chi connectivity index (χ1n) is 7.03. The van der Waals surface area contributed by atoms with Crippen LogP contribution in [0.4, 0.5) is 0 Å². The van der Waals surface area contributed by atoms with Gasteiger partial charge in [-0.25, -0.2) is 8.42 Å². The van der Waals surface area contributed by atoms with Crippen LogP contribution in [0.1, 0.15) is 58.3 Å². The van der Waals surface area contributed by atoms with E-state index in [1.54, 1.807) is 0 Å². The maximum absolute atomic E-state index is 12.2. The third kappa shape index (κ3) is 1.96. The summed E-state index contributed by atoms with van der Waals surface area (Å²) in [5.41, 5.74) is 0. The van der Waals surface area contributed by atoms with Crippen molar-refractivity contribution in [3.63, 3.8) is 0 Å². The molecule has 0 aromatic heterocycles. The quantitative estimate of drug-likeness (QED) is 0.775. The minimum absolute atomic E-state index is 0.224. The fourth-order valence-electron chi connectivity index (χ4n) is 3.28. The van der Waals surface area contributed by atoms with Crippen LogP contribution >= 0.6 is 0 Å². The van der Waals surface area contributed by atoms with E-state index in [1.807, 2.05) is 6.92 Å². The molecule has 1 unspecified atom stereocenters. The molecule has 1 aliphatic heterocycles. The van der Waals surface area contributed by atoms with Gasteiger partial charge in [0.25, 0.3) is 10.0 Å². The van der Waals surface area contributed by atoms with Crippen molar-refractivity contribution >= 4 is 15.9 Å². The molecule has 2 fully saturated rings. The molecule has 102 valence electrons. The second-order valence-electron chi connectivity index (χ2n) is 5.99. The number of sulfonamides is 1. The third-order valence-corrected chi connectivity index (χ3v) is 6.93. The fourth-order valence-corrected chi connectivity index (χ4v) is 4.93. The van der Waals surface area contributed by atoms with Crippen LogP contribution in [-0.4, -0.2) is 25.2 Å². The van der Waals surface area contributed by atoms with Crippen LogP contribution in [-0.2, 0) is 14.8 Å². The van der Waals surface area contributed by atoms with E-state index in [4.69, 9.17) is 4.74 Å². The molecule has 1 heterocycles. The van der Waals surface area contributed by atoms with Gasteiger partial charge in [-0.2, -0.15) is 0 Å². The number of ether oxygens (including phenoxy) is 1. The Morgan fingerprint density at radius 3 is 2.50 bits per heavy atom. The predicted molar refractivity (Wildman–Crippen MR) is 70.1 cm³/mol. The van der Waals surface area contributed by atoms with E-state index in [2.05, 4.69) is 4.40 Å². The Bertz CT molecular complexity index is 459. The lowest BCUT2D eigenvalue weighted by atomic mass is 9.87. The van der Waals surface area contributed by atoms with Gasteiger partial charge in [0, 0.05) is 6.42 Å². The summed E-state index contributed by atoms with van der Waals surface area (Å²) in [6.45, 7) is 1.88. The largest absolute Gasteiger partial charge is 0.475 e.